The lowest BCUT2D eigenvalue weighted by Crippen LogP contribution is -2.27. The molecular weight excluding hydrogens is 242 g/mol. The number of nitrogens with zero attached hydrogens (tertiary/aromatic N) is 1. The molecule has 1 aromatic carbocycles. The number of aliphatic hydroxyl groups is 1. The minimum atomic E-state index is -0.316. The van der Waals surface area contributed by atoms with Crippen molar-refractivity contribution in [3.05, 3.63) is 47.5 Å². The normalized spacial score (nSPS) is 11.7. The van der Waals surface area contributed by atoms with Crippen molar-refractivity contribution >= 4 is 5.97 Å². The Morgan fingerprint density at radius 1 is 1.37 bits per heavy atom. The molecule has 0 aliphatic carbocycles. The summed E-state index contributed by atoms with van der Waals surface area (Å²) in [6.07, 6.45) is 1.82. The number of benzene rings is 1. The molecule has 1 aromatic rings. The van der Waals surface area contributed by atoms with Crippen LogP contribution >= 0.6 is 0 Å². The van der Waals surface area contributed by atoms with Crippen molar-refractivity contribution in [2.75, 3.05) is 26.8 Å². The van der Waals surface area contributed by atoms with E-state index in [0.717, 1.165) is 6.54 Å². The zero-order valence-electron chi connectivity index (χ0n) is 11.5. The maximum atomic E-state index is 11.3. The smallest absolute Gasteiger partial charge is 0.333 e. The van der Waals surface area contributed by atoms with Gasteiger partial charge in [0.15, 0.2) is 0 Å². The Morgan fingerprint density at radius 3 is 2.63 bits per heavy atom. The Kier molecular flexibility index (Phi) is 6.85. The zero-order valence-corrected chi connectivity index (χ0v) is 11.5. The fraction of sp³-hybridized carbons (Fsp3) is 0.400. The third kappa shape index (κ3) is 5.68. The number of ether oxygens (including phenoxy) is 1. The predicted molar refractivity (Wildman–Crippen MR) is 74.6 cm³/mol. The van der Waals surface area contributed by atoms with Crippen molar-refractivity contribution in [2.45, 2.75) is 13.5 Å². The van der Waals surface area contributed by atoms with Gasteiger partial charge in [-0.1, -0.05) is 36.4 Å². The number of rotatable bonds is 7. The van der Waals surface area contributed by atoms with Gasteiger partial charge in [0.1, 0.15) is 0 Å². The molecule has 0 aliphatic rings. The van der Waals surface area contributed by atoms with Crippen LogP contribution in [0.25, 0.3) is 0 Å². The summed E-state index contributed by atoms with van der Waals surface area (Å²) in [5.74, 6) is -0.316. The van der Waals surface area contributed by atoms with E-state index in [1.807, 2.05) is 36.4 Å². The van der Waals surface area contributed by atoms with E-state index < -0.39 is 0 Å². The van der Waals surface area contributed by atoms with E-state index in [9.17, 15) is 4.79 Å². The van der Waals surface area contributed by atoms with Gasteiger partial charge in [-0.25, -0.2) is 4.79 Å². The van der Waals surface area contributed by atoms with Gasteiger partial charge in [-0.05, 0) is 12.5 Å². The third-order valence-electron chi connectivity index (χ3n) is 2.83. The number of esters is 1. The molecular formula is C15H21NO3. The predicted octanol–water partition coefficient (Wildman–Crippen LogP) is 1.60. The minimum absolute atomic E-state index is 0.0952. The number of carbonyl (C=O) groups is 1. The van der Waals surface area contributed by atoms with Gasteiger partial charge in [-0.2, -0.15) is 0 Å². The van der Waals surface area contributed by atoms with E-state index in [4.69, 9.17) is 5.11 Å². The lowest BCUT2D eigenvalue weighted by atomic mass is 10.2. The van der Waals surface area contributed by atoms with Crippen molar-refractivity contribution in [1.29, 1.82) is 0 Å². The molecule has 0 saturated heterocycles. The molecule has 0 aromatic heterocycles. The fourth-order valence-electron chi connectivity index (χ4n) is 1.73. The maximum Gasteiger partial charge on any atom is 0.333 e. The summed E-state index contributed by atoms with van der Waals surface area (Å²) in [5, 5.41) is 9.08. The second-order valence-corrected chi connectivity index (χ2v) is 4.32. The summed E-state index contributed by atoms with van der Waals surface area (Å²) in [7, 11) is 1.37. The van der Waals surface area contributed by atoms with Crippen LogP contribution in [0.2, 0.25) is 0 Å². The summed E-state index contributed by atoms with van der Waals surface area (Å²) in [4.78, 5) is 13.4. The third-order valence-corrected chi connectivity index (χ3v) is 2.83. The number of aliphatic hydroxyl groups excluding tert-OH is 1. The zero-order chi connectivity index (χ0) is 14.1. The van der Waals surface area contributed by atoms with Crippen LogP contribution < -0.4 is 0 Å². The highest BCUT2D eigenvalue weighted by atomic mass is 16.5. The molecule has 4 heteroatoms. The molecule has 0 amide bonds. The van der Waals surface area contributed by atoms with Gasteiger partial charge >= 0.3 is 5.97 Å². The molecule has 1 rings (SSSR count). The van der Waals surface area contributed by atoms with Gasteiger partial charge in [0, 0.05) is 25.2 Å². The fourth-order valence-corrected chi connectivity index (χ4v) is 1.73. The Bertz CT molecular complexity index is 415. The van der Waals surface area contributed by atoms with Crippen molar-refractivity contribution in [3.63, 3.8) is 0 Å². The molecule has 0 bridgehead atoms. The van der Waals surface area contributed by atoms with Gasteiger partial charge in [-0.15, -0.1) is 0 Å². The molecule has 0 atom stereocenters. The summed E-state index contributed by atoms with van der Waals surface area (Å²) in [5.41, 5.74) is 1.76. The highest BCUT2D eigenvalue weighted by Gasteiger charge is 2.06. The first-order chi connectivity index (χ1) is 9.17. The molecule has 0 fully saturated rings. The van der Waals surface area contributed by atoms with Crippen LogP contribution in [0.15, 0.2) is 42.0 Å². The number of methoxy groups -OCH3 is 1. The SMILES string of the molecule is COC(=O)C(C)=CCN(CCO)Cc1ccccc1. The average Bonchev–Trinajstić information content (AvgIpc) is 2.44. The quantitative estimate of drug-likeness (QED) is 0.599. The highest BCUT2D eigenvalue weighted by Crippen LogP contribution is 2.05. The first-order valence-electron chi connectivity index (χ1n) is 6.29. The molecule has 0 unspecified atom stereocenters. The lowest BCUT2D eigenvalue weighted by molar-refractivity contribution is -0.136. The molecule has 0 aliphatic heterocycles. The summed E-state index contributed by atoms with van der Waals surface area (Å²) < 4.78 is 4.65. The van der Waals surface area contributed by atoms with Crippen LogP contribution in [0.5, 0.6) is 0 Å². The second kappa shape index (κ2) is 8.45. The Morgan fingerprint density at radius 2 is 2.05 bits per heavy atom. The molecule has 4 nitrogen and oxygen atoms in total. The Labute approximate surface area is 114 Å². The second-order valence-electron chi connectivity index (χ2n) is 4.32. The molecule has 104 valence electrons. The van der Waals surface area contributed by atoms with Gasteiger partial charge in [0.2, 0.25) is 0 Å². The van der Waals surface area contributed by atoms with E-state index in [0.29, 0.717) is 18.7 Å². The van der Waals surface area contributed by atoms with Crippen molar-refractivity contribution in [1.82, 2.24) is 4.90 Å². The maximum absolute atomic E-state index is 11.3. The van der Waals surface area contributed by atoms with Gasteiger partial charge in [0.25, 0.3) is 0 Å². The first-order valence-corrected chi connectivity index (χ1v) is 6.29. The standard InChI is InChI=1S/C15H21NO3/c1-13(15(18)19-2)8-9-16(10-11-17)12-14-6-4-3-5-7-14/h3-8,17H,9-12H2,1-2H3. The topological polar surface area (TPSA) is 49.8 Å². The molecule has 0 spiro atoms. The first kappa shape index (κ1) is 15.4. The van der Waals surface area contributed by atoms with Crippen molar-refractivity contribution < 1.29 is 14.6 Å². The van der Waals surface area contributed by atoms with Gasteiger partial charge in [-0.3, -0.25) is 4.90 Å². The summed E-state index contributed by atoms with van der Waals surface area (Å²) in [6, 6.07) is 10.0. The number of hydrogen-bond donors (Lipinski definition) is 1. The van der Waals surface area contributed by atoms with Crippen LogP contribution in [0.1, 0.15) is 12.5 Å². The van der Waals surface area contributed by atoms with Crippen molar-refractivity contribution in [2.24, 2.45) is 0 Å². The van der Waals surface area contributed by atoms with E-state index in [-0.39, 0.29) is 12.6 Å². The van der Waals surface area contributed by atoms with E-state index in [2.05, 4.69) is 9.64 Å². The van der Waals surface area contributed by atoms with E-state index >= 15 is 0 Å². The molecule has 0 heterocycles. The van der Waals surface area contributed by atoms with Crippen LogP contribution in [0, 0.1) is 0 Å². The van der Waals surface area contributed by atoms with E-state index in [1.54, 1.807) is 6.92 Å². The van der Waals surface area contributed by atoms with Crippen LogP contribution in [0.3, 0.4) is 0 Å². The van der Waals surface area contributed by atoms with Gasteiger partial charge < -0.3 is 9.84 Å². The Hall–Kier alpha value is -1.65. The van der Waals surface area contributed by atoms with Crippen LogP contribution in [-0.2, 0) is 16.1 Å². The molecule has 1 N–H and O–H groups in total. The molecule has 0 saturated carbocycles. The molecule has 0 radical (unpaired) electrons. The summed E-state index contributed by atoms with van der Waals surface area (Å²) >= 11 is 0. The lowest BCUT2D eigenvalue weighted by Gasteiger charge is -2.19. The number of hydrogen-bond acceptors (Lipinski definition) is 4. The minimum Gasteiger partial charge on any atom is -0.466 e. The van der Waals surface area contributed by atoms with Crippen LogP contribution in [0.4, 0.5) is 0 Å². The average molecular weight is 263 g/mol. The Balaban J connectivity index is 2.60. The molecule has 19 heavy (non-hydrogen) atoms. The monoisotopic (exact) mass is 263 g/mol. The summed E-state index contributed by atoms with van der Waals surface area (Å²) in [6.45, 7) is 3.74. The highest BCUT2D eigenvalue weighted by molar-refractivity contribution is 5.87. The van der Waals surface area contributed by atoms with Crippen molar-refractivity contribution in [3.8, 4) is 0 Å². The van der Waals surface area contributed by atoms with E-state index in [1.165, 1.54) is 12.7 Å². The largest absolute Gasteiger partial charge is 0.466 e. The van der Waals surface area contributed by atoms with Gasteiger partial charge in [0.05, 0.1) is 13.7 Å². The van der Waals surface area contributed by atoms with Crippen LogP contribution in [-0.4, -0.2) is 42.8 Å². The number of carbonyl (C=O) groups excluding carboxylic acids is 1.